The lowest BCUT2D eigenvalue weighted by Crippen LogP contribution is -2.32. The second-order valence-electron chi connectivity index (χ2n) is 4.04. The number of aryl methyl sites for hydroxylation is 1. The molecule has 1 unspecified atom stereocenters. The van der Waals surface area contributed by atoms with E-state index in [-0.39, 0.29) is 24.7 Å². The highest BCUT2D eigenvalue weighted by atomic mass is 16.6. The Morgan fingerprint density at radius 1 is 1.61 bits per heavy atom. The van der Waals surface area contributed by atoms with Gasteiger partial charge in [0.1, 0.15) is 0 Å². The number of hydrogen-bond acceptors (Lipinski definition) is 6. The van der Waals surface area contributed by atoms with E-state index in [1.165, 1.54) is 13.2 Å². The highest BCUT2D eigenvalue weighted by molar-refractivity contribution is 5.57. The fourth-order valence-corrected chi connectivity index (χ4v) is 1.61. The summed E-state index contributed by atoms with van der Waals surface area (Å²) in [4.78, 5) is 16.1. The highest BCUT2D eigenvalue weighted by Gasteiger charge is 2.20. The van der Waals surface area contributed by atoms with E-state index in [0.717, 1.165) is 0 Å². The van der Waals surface area contributed by atoms with E-state index in [1.54, 1.807) is 24.9 Å². The second kappa shape index (κ2) is 6.27. The molecule has 0 amide bonds. The van der Waals surface area contributed by atoms with Crippen molar-refractivity contribution in [3.05, 3.63) is 27.9 Å². The molecule has 0 radical (unpaired) electrons. The first-order valence-corrected chi connectivity index (χ1v) is 5.46. The molecule has 1 atom stereocenters. The molecule has 1 aromatic heterocycles. The summed E-state index contributed by atoms with van der Waals surface area (Å²) in [5, 5.41) is 20.5. The Kier molecular flexibility index (Phi) is 4.99. The van der Waals surface area contributed by atoms with E-state index < -0.39 is 11.0 Å². The van der Waals surface area contributed by atoms with Gasteiger partial charge in [-0.1, -0.05) is 0 Å². The average Bonchev–Trinajstić information content (AvgIpc) is 2.28. The number of likely N-dealkylation sites (N-methyl/N-ethyl adjacent to an activating group) is 1. The van der Waals surface area contributed by atoms with Gasteiger partial charge in [-0.05, 0) is 13.0 Å². The van der Waals surface area contributed by atoms with Crippen LogP contribution in [0.2, 0.25) is 0 Å². The highest BCUT2D eigenvalue weighted by Crippen LogP contribution is 2.25. The number of nitrogens with zero attached hydrogens (tertiary/aromatic N) is 3. The van der Waals surface area contributed by atoms with Gasteiger partial charge < -0.3 is 14.7 Å². The molecule has 0 saturated heterocycles. The molecule has 1 heterocycles. The summed E-state index contributed by atoms with van der Waals surface area (Å²) in [6.07, 6.45) is -0.720. The van der Waals surface area contributed by atoms with Crippen LogP contribution in [0.5, 0.6) is 0 Å². The molecular formula is C11H17N3O4. The first-order chi connectivity index (χ1) is 8.45. The van der Waals surface area contributed by atoms with E-state index >= 15 is 0 Å². The van der Waals surface area contributed by atoms with Gasteiger partial charge in [0.25, 0.3) is 0 Å². The van der Waals surface area contributed by atoms with Crippen molar-refractivity contribution in [1.29, 1.82) is 0 Å². The standard InChI is InChI=1S/C11H17N3O4/c1-8-4-5-10(14(16)17)11(12-8)13(2)6-9(15)7-18-3/h4-5,9,15H,6-7H2,1-3H3. The minimum atomic E-state index is -0.720. The van der Waals surface area contributed by atoms with Gasteiger partial charge in [-0.2, -0.15) is 0 Å². The van der Waals surface area contributed by atoms with Gasteiger partial charge in [-0.15, -0.1) is 0 Å². The zero-order chi connectivity index (χ0) is 13.7. The zero-order valence-corrected chi connectivity index (χ0v) is 10.7. The van der Waals surface area contributed by atoms with E-state index in [0.29, 0.717) is 5.69 Å². The molecule has 1 aromatic rings. The fourth-order valence-electron chi connectivity index (χ4n) is 1.61. The molecule has 0 aliphatic heterocycles. The van der Waals surface area contributed by atoms with Crippen molar-refractivity contribution >= 4 is 11.5 Å². The van der Waals surface area contributed by atoms with Gasteiger partial charge in [0.05, 0.1) is 17.6 Å². The summed E-state index contributed by atoms with van der Waals surface area (Å²) in [6, 6.07) is 3.00. The Labute approximate surface area is 105 Å². The smallest absolute Gasteiger partial charge is 0.311 e. The molecule has 0 saturated carbocycles. The van der Waals surface area contributed by atoms with E-state index in [9.17, 15) is 15.2 Å². The molecule has 100 valence electrons. The Hall–Kier alpha value is -1.73. The lowest BCUT2D eigenvalue weighted by atomic mass is 10.3. The van der Waals surface area contributed by atoms with Crippen LogP contribution in [-0.4, -0.2) is 48.4 Å². The number of anilines is 1. The number of pyridine rings is 1. The van der Waals surface area contributed by atoms with Gasteiger partial charge in [0.2, 0.25) is 5.82 Å². The van der Waals surface area contributed by atoms with Crippen LogP contribution in [-0.2, 0) is 4.74 Å². The predicted molar refractivity (Wildman–Crippen MR) is 66.8 cm³/mol. The molecule has 7 heteroatoms. The number of aliphatic hydroxyl groups is 1. The Morgan fingerprint density at radius 2 is 2.28 bits per heavy atom. The molecule has 0 aliphatic carbocycles. The van der Waals surface area contributed by atoms with Crippen molar-refractivity contribution in [3.63, 3.8) is 0 Å². The van der Waals surface area contributed by atoms with E-state index in [1.807, 2.05) is 0 Å². The molecule has 1 N–H and O–H groups in total. The minimum Gasteiger partial charge on any atom is -0.389 e. The van der Waals surface area contributed by atoms with Crippen LogP contribution in [0, 0.1) is 17.0 Å². The molecule has 7 nitrogen and oxygen atoms in total. The number of ether oxygens (including phenoxy) is 1. The zero-order valence-electron chi connectivity index (χ0n) is 10.7. The van der Waals surface area contributed by atoms with Crippen molar-refractivity contribution < 1.29 is 14.8 Å². The van der Waals surface area contributed by atoms with Crippen LogP contribution >= 0.6 is 0 Å². The maximum atomic E-state index is 10.9. The number of rotatable bonds is 6. The summed E-state index contributed by atoms with van der Waals surface area (Å²) in [5.41, 5.74) is 0.608. The quantitative estimate of drug-likeness (QED) is 0.595. The first kappa shape index (κ1) is 14.3. The van der Waals surface area contributed by atoms with Crippen LogP contribution in [0.25, 0.3) is 0 Å². The fraction of sp³-hybridized carbons (Fsp3) is 0.545. The van der Waals surface area contributed by atoms with Gasteiger partial charge in [0.15, 0.2) is 0 Å². The van der Waals surface area contributed by atoms with Crippen LogP contribution in [0.15, 0.2) is 12.1 Å². The molecule has 18 heavy (non-hydrogen) atoms. The maximum absolute atomic E-state index is 10.9. The van der Waals surface area contributed by atoms with Gasteiger partial charge >= 0.3 is 5.69 Å². The molecule has 0 aliphatic rings. The molecule has 1 rings (SSSR count). The number of hydrogen-bond donors (Lipinski definition) is 1. The van der Waals surface area contributed by atoms with Gasteiger partial charge in [-0.3, -0.25) is 10.1 Å². The Morgan fingerprint density at radius 3 is 2.83 bits per heavy atom. The number of aliphatic hydroxyl groups excluding tert-OH is 1. The van der Waals surface area contributed by atoms with Crippen LogP contribution in [0.4, 0.5) is 11.5 Å². The maximum Gasteiger partial charge on any atom is 0.311 e. The molecule has 0 spiro atoms. The molecule has 0 aromatic carbocycles. The van der Waals surface area contributed by atoms with Crippen molar-refractivity contribution in [2.75, 3.05) is 32.2 Å². The number of aromatic nitrogens is 1. The summed E-state index contributed by atoms with van der Waals surface area (Å²) in [7, 11) is 3.13. The topological polar surface area (TPSA) is 88.7 Å². The second-order valence-corrected chi connectivity index (χ2v) is 4.04. The van der Waals surface area contributed by atoms with Crippen LogP contribution in [0.1, 0.15) is 5.69 Å². The van der Waals surface area contributed by atoms with E-state index in [4.69, 9.17) is 4.74 Å². The third kappa shape index (κ3) is 3.64. The van der Waals surface area contributed by atoms with Gasteiger partial charge in [0, 0.05) is 32.5 Å². The minimum absolute atomic E-state index is 0.0762. The van der Waals surface area contributed by atoms with Crippen molar-refractivity contribution in [2.45, 2.75) is 13.0 Å². The Bertz CT molecular complexity index is 425. The number of methoxy groups -OCH3 is 1. The van der Waals surface area contributed by atoms with Crippen LogP contribution < -0.4 is 4.90 Å². The lowest BCUT2D eigenvalue weighted by Gasteiger charge is -2.21. The summed E-state index contributed by atoms with van der Waals surface area (Å²) < 4.78 is 4.81. The SMILES string of the molecule is COCC(O)CN(C)c1nc(C)ccc1[N+](=O)[O-]. The van der Waals surface area contributed by atoms with Crippen LogP contribution in [0.3, 0.4) is 0 Å². The Balaban J connectivity index is 2.93. The molecule has 0 fully saturated rings. The van der Waals surface area contributed by atoms with E-state index in [2.05, 4.69) is 4.98 Å². The summed E-state index contributed by atoms with van der Waals surface area (Å²) in [5.74, 6) is 0.246. The summed E-state index contributed by atoms with van der Waals surface area (Å²) >= 11 is 0. The lowest BCUT2D eigenvalue weighted by molar-refractivity contribution is -0.384. The first-order valence-electron chi connectivity index (χ1n) is 5.46. The summed E-state index contributed by atoms with van der Waals surface area (Å²) in [6.45, 7) is 2.14. The predicted octanol–water partition coefficient (Wildman–Crippen LogP) is 0.742. The normalized spacial score (nSPS) is 12.2. The monoisotopic (exact) mass is 255 g/mol. The molecule has 0 bridgehead atoms. The van der Waals surface area contributed by atoms with Crippen molar-refractivity contribution in [2.24, 2.45) is 0 Å². The van der Waals surface area contributed by atoms with Gasteiger partial charge in [-0.25, -0.2) is 4.98 Å². The third-order valence-corrected chi connectivity index (χ3v) is 2.40. The van der Waals surface area contributed by atoms with Crippen molar-refractivity contribution in [3.8, 4) is 0 Å². The average molecular weight is 255 g/mol. The third-order valence-electron chi connectivity index (χ3n) is 2.40. The molecular weight excluding hydrogens is 238 g/mol. The number of nitro groups is 1. The van der Waals surface area contributed by atoms with Crippen molar-refractivity contribution in [1.82, 2.24) is 4.98 Å². The largest absolute Gasteiger partial charge is 0.389 e.